The third kappa shape index (κ3) is 5.40. The third-order valence-corrected chi connectivity index (χ3v) is 3.75. The van der Waals surface area contributed by atoms with E-state index in [9.17, 15) is 9.59 Å². The van der Waals surface area contributed by atoms with E-state index in [1.807, 2.05) is 42.5 Å². The molecule has 0 aromatic heterocycles. The van der Waals surface area contributed by atoms with E-state index in [-0.39, 0.29) is 11.8 Å². The quantitative estimate of drug-likeness (QED) is 0.735. The Balaban J connectivity index is 1.76. The van der Waals surface area contributed by atoms with Gasteiger partial charge in [-0.3, -0.25) is 9.59 Å². The smallest absolute Gasteiger partial charge is 0.251 e. The molecule has 0 bridgehead atoms. The van der Waals surface area contributed by atoms with Crippen LogP contribution in [0, 0.1) is 0 Å². The number of amides is 2. The van der Waals surface area contributed by atoms with Crippen molar-refractivity contribution >= 4 is 22.6 Å². The topological polar surface area (TPSA) is 58.2 Å². The highest BCUT2D eigenvalue weighted by Gasteiger charge is 2.07. The molecule has 0 fully saturated rings. The third-order valence-electron chi connectivity index (χ3n) is 3.75. The van der Waals surface area contributed by atoms with E-state index in [1.54, 1.807) is 0 Å². The molecule has 4 heteroatoms. The highest BCUT2D eigenvalue weighted by atomic mass is 16.2. The predicted octanol–water partition coefficient (Wildman–Crippen LogP) is 3.27. The molecule has 0 unspecified atom stereocenters. The van der Waals surface area contributed by atoms with E-state index in [4.69, 9.17) is 0 Å². The molecule has 122 valence electrons. The fourth-order valence-electron chi connectivity index (χ4n) is 2.41. The SMILES string of the molecule is CCCCCNC(=O)CCNC(=O)c1ccc2ccccc2c1. The van der Waals surface area contributed by atoms with E-state index < -0.39 is 0 Å². The molecule has 2 N–H and O–H groups in total. The van der Waals surface area contributed by atoms with Crippen LogP contribution in [0.15, 0.2) is 42.5 Å². The van der Waals surface area contributed by atoms with Crippen LogP contribution in [0.4, 0.5) is 0 Å². The molecule has 2 rings (SSSR count). The molecule has 0 saturated carbocycles. The van der Waals surface area contributed by atoms with Crippen molar-refractivity contribution < 1.29 is 9.59 Å². The predicted molar refractivity (Wildman–Crippen MR) is 93.4 cm³/mol. The average molecular weight is 312 g/mol. The monoisotopic (exact) mass is 312 g/mol. The molecule has 2 aromatic rings. The van der Waals surface area contributed by atoms with E-state index in [0.717, 1.165) is 30.0 Å². The van der Waals surface area contributed by atoms with Gasteiger partial charge < -0.3 is 10.6 Å². The second-order valence-electron chi connectivity index (χ2n) is 5.62. The van der Waals surface area contributed by atoms with E-state index in [2.05, 4.69) is 17.6 Å². The normalized spacial score (nSPS) is 10.5. The zero-order chi connectivity index (χ0) is 16.5. The van der Waals surface area contributed by atoms with E-state index >= 15 is 0 Å². The Morgan fingerprint density at radius 1 is 0.913 bits per heavy atom. The molecule has 0 radical (unpaired) electrons. The van der Waals surface area contributed by atoms with Gasteiger partial charge in [-0.2, -0.15) is 0 Å². The number of carbonyl (C=O) groups is 2. The van der Waals surface area contributed by atoms with Crippen LogP contribution in [0.3, 0.4) is 0 Å². The standard InChI is InChI=1S/C19H24N2O2/c1-2-3-6-12-20-18(22)11-13-21-19(23)17-10-9-15-7-4-5-8-16(15)14-17/h4-5,7-10,14H,2-3,6,11-13H2,1H3,(H,20,22)(H,21,23). The van der Waals surface area contributed by atoms with Crippen molar-refractivity contribution in [2.24, 2.45) is 0 Å². The lowest BCUT2D eigenvalue weighted by Gasteiger charge is -2.07. The van der Waals surface area contributed by atoms with Gasteiger partial charge >= 0.3 is 0 Å². The van der Waals surface area contributed by atoms with Gasteiger partial charge in [0.25, 0.3) is 5.91 Å². The maximum Gasteiger partial charge on any atom is 0.251 e. The van der Waals surface area contributed by atoms with Crippen LogP contribution in [-0.4, -0.2) is 24.9 Å². The summed E-state index contributed by atoms with van der Waals surface area (Å²) in [6.07, 6.45) is 3.58. The van der Waals surface area contributed by atoms with Crippen LogP contribution in [0.2, 0.25) is 0 Å². The molecule has 23 heavy (non-hydrogen) atoms. The Labute approximate surface area is 137 Å². The summed E-state index contributed by atoms with van der Waals surface area (Å²) >= 11 is 0. The highest BCUT2D eigenvalue weighted by molar-refractivity contribution is 5.98. The number of nitrogens with one attached hydrogen (secondary N) is 2. The molecule has 0 aliphatic rings. The fraction of sp³-hybridized carbons (Fsp3) is 0.368. The first-order valence-corrected chi connectivity index (χ1v) is 8.24. The molecule has 2 amide bonds. The lowest BCUT2D eigenvalue weighted by Crippen LogP contribution is -2.31. The summed E-state index contributed by atoms with van der Waals surface area (Å²) in [5.41, 5.74) is 0.618. The van der Waals surface area contributed by atoms with Gasteiger partial charge in [0.05, 0.1) is 0 Å². The summed E-state index contributed by atoms with van der Waals surface area (Å²) in [5.74, 6) is -0.158. The highest BCUT2D eigenvalue weighted by Crippen LogP contribution is 2.15. The van der Waals surface area contributed by atoms with Gasteiger partial charge in [0.2, 0.25) is 5.91 Å². The van der Waals surface area contributed by atoms with Crippen LogP contribution in [0.1, 0.15) is 43.0 Å². The number of benzene rings is 2. The Morgan fingerprint density at radius 2 is 1.70 bits per heavy atom. The Morgan fingerprint density at radius 3 is 2.48 bits per heavy atom. The maximum absolute atomic E-state index is 12.1. The maximum atomic E-state index is 12.1. The summed E-state index contributed by atoms with van der Waals surface area (Å²) < 4.78 is 0. The van der Waals surface area contributed by atoms with Crippen molar-refractivity contribution in [1.29, 1.82) is 0 Å². The van der Waals surface area contributed by atoms with Crippen LogP contribution < -0.4 is 10.6 Å². The first kappa shape index (κ1) is 17.0. The van der Waals surface area contributed by atoms with Crippen molar-refractivity contribution in [3.63, 3.8) is 0 Å². The molecule has 0 atom stereocenters. The van der Waals surface area contributed by atoms with Crippen molar-refractivity contribution in [1.82, 2.24) is 10.6 Å². The minimum Gasteiger partial charge on any atom is -0.356 e. The largest absolute Gasteiger partial charge is 0.356 e. The van der Waals surface area contributed by atoms with Gasteiger partial charge in [0, 0.05) is 25.1 Å². The van der Waals surface area contributed by atoms with E-state index in [1.165, 1.54) is 0 Å². The summed E-state index contributed by atoms with van der Waals surface area (Å²) in [4.78, 5) is 23.8. The van der Waals surface area contributed by atoms with Gasteiger partial charge in [-0.1, -0.05) is 50.1 Å². The van der Waals surface area contributed by atoms with Crippen LogP contribution in [-0.2, 0) is 4.79 Å². The number of carbonyl (C=O) groups excluding carboxylic acids is 2. The van der Waals surface area contributed by atoms with Gasteiger partial charge in [-0.15, -0.1) is 0 Å². The van der Waals surface area contributed by atoms with Crippen molar-refractivity contribution in [2.75, 3.05) is 13.1 Å². The van der Waals surface area contributed by atoms with E-state index in [0.29, 0.717) is 25.1 Å². The second kappa shape index (κ2) is 8.93. The number of hydrogen-bond donors (Lipinski definition) is 2. The number of unbranched alkanes of at least 4 members (excludes halogenated alkanes) is 2. The molecule has 0 aliphatic heterocycles. The van der Waals surface area contributed by atoms with Gasteiger partial charge in [-0.25, -0.2) is 0 Å². The molecular weight excluding hydrogens is 288 g/mol. The van der Waals surface area contributed by atoms with Crippen molar-refractivity contribution in [3.05, 3.63) is 48.0 Å². The Hall–Kier alpha value is -2.36. The molecule has 2 aromatic carbocycles. The zero-order valence-corrected chi connectivity index (χ0v) is 13.6. The number of fused-ring (bicyclic) bond motifs is 1. The summed E-state index contributed by atoms with van der Waals surface area (Å²) in [6.45, 7) is 3.20. The summed E-state index contributed by atoms with van der Waals surface area (Å²) in [6, 6.07) is 13.5. The lowest BCUT2D eigenvalue weighted by atomic mass is 10.1. The molecule has 0 aliphatic carbocycles. The molecular formula is C19H24N2O2. The van der Waals surface area contributed by atoms with Crippen molar-refractivity contribution in [3.8, 4) is 0 Å². The zero-order valence-electron chi connectivity index (χ0n) is 13.6. The van der Waals surface area contributed by atoms with Crippen LogP contribution in [0.5, 0.6) is 0 Å². The summed E-state index contributed by atoms with van der Waals surface area (Å²) in [7, 11) is 0. The van der Waals surface area contributed by atoms with Crippen LogP contribution in [0.25, 0.3) is 10.8 Å². The minimum atomic E-state index is -0.144. The first-order chi connectivity index (χ1) is 11.2. The minimum absolute atomic E-state index is 0.0140. The molecule has 4 nitrogen and oxygen atoms in total. The summed E-state index contributed by atoms with van der Waals surface area (Å²) in [5, 5.41) is 7.80. The number of rotatable bonds is 8. The Bertz CT molecular complexity index is 667. The Kier molecular flexibility index (Phi) is 6.60. The van der Waals surface area contributed by atoms with Gasteiger partial charge in [0.1, 0.15) is 0 Å². The van der Waals surface area contributed by atoms with Crippen molar-refractivity contribution in [2.45, 2.75) is 32.6 Å². The van der Waals surface area contributed by atoms with Gasteiger partial charge in [0.15, 0.2) is 0 Å². The molecule has 0 spiro atoms. The average Bonchev–Trinajstić information content (AvgIpc) is 2.58. The lowest BCUT2D eigenvalue weighted by molar-refractivity contribution is -0.120. The second-order valence-corrected chi connectivity index (χ2v) is 5.62. The molecule has 0 saturated heterocycles. The molecule has 0 heterocycles. The van der Waals surface area contributed by atoms with Gasteiger partial charge in [-0.05, 0) is 29.3 Å². The number of hydrogen-bond acceptors (Lipinski definition) is 2. The first-order valence-electron chi connectivity index (χ1n) is 8.24. The van der Waals surface area contributed by atoms with Crippen LogP contribution >= 0.6 is 0 Å². The fourth-order valence-corrected chi connectivity index (χ4v) is 2.41.